The average molecular weight is 295 g/mol. The number of hydrogen-bond donors (Lipinski definition) is 1. The normalized spacial score (nSPS) is 28.7. The number of hydrogen-bond acceptors (Lipinski definition) is 3. The summed E-state index contributed by atoms with van der Waals surface area (Å²) in [5, 5.41) is 0. The minimum atomic E-state index is 0.199. The number of likely N-dealkylation sites (N-methyl/N-ethyl adjacent to an activating group) is 1. The predicted molar refractivity (Wildman–Crippen MR) is 87.1 cm³/mol. The van der Waals surface area contributed by atoms with Gasteiger partial charge in [-0.05, 0) is 45.1 Å². The van der Waals surface area contributed by atoms with Gasteiger partial charge in [-0.2, -0.15) is 0 Å². The van der Waals surface area contributed by atoms with Crippen molar-refractivity contribution in [1.82, 2.24) is 9.80 Å². The van der Waals surface area contributed by atoms with E-state index in [4.69, 9.17) is 5.73 Å². The summed E-state index contributed by atoms with van der Waals surface area (Å²) in [6.45, 7) is 4.82. The molecule has 2 rings (SSSR count). The van der Waals surface area contributed by atoms with Crippen LogP contribution in [0.15, 0.2) is 0 Å². The summed E-state index contributed by atoms with van der Waals surface area (Å²) < 4.78 is 0. The number of amides is 1. The van der Waals surface area contributed by atoms with Crippen molar-refractivity contribution in [2.45, 2.75) is 70.4 Å². The number of likely N-dealkylation sites (tertiary alicyclic amines) is 1. The fourth-order valence-corrected chi connectivity index (χ4v) is 4.04. The molecule has 1 aliphatic carbocycles. The Hall–Kier alpha value is -0.610. The summed E-state index contributed by atoms with van der Waals surface area (Å²) in [7, 11) is 2.17. The molecule has 0 aromatic carbocycles. The van der Waals surface area contributed by atoms with E-state index in [1.807, 2.05) is 4.90 Å². The third-order valence-corrected chi connectivity index (χ3v) is 5.56. The number of nitrogens with zero attached hydrogens (tertiary/aromatic N) is 2. The molecule has 122 valence electrons. The van der Waals surface area contributed by atoms with E-state index in [2.05, 4.69) is 18.9 Å². The van der Waals surface area contributed by atoms with Crippen molar-refractivity contribution in [3.05, 3.63) is 0 Å². The molecule has 1 aliphatic heterocycles. The first-order valence-corrected chi connectivity index (χ1v) is 8.83. The highest BCUT2D eigenvalue weighted by Gasteiger charge is 2.30. The van der Waals surface area contributed by atoms with Crippen molar-refractivity contribution in [2.24, 2.45) is 11.7 Å². The Morgan fingerprint density at radius 1 is 1.19 bits per heavy atom. The van der Waals surface area contributed by atoms with Crippen LogP contribution in [0.1, 0.15) is 58.3 Å². The summed E-state index contributed by atoms with van der Waals surface area (Å²) in [6, 6.07) is 0.798. The molecule has 0 aromatic heterocycles. The molecule has 1 heterocycles. The second-order valence-electron chi connectivity index (χ2n) is 7.03. The van der Waals surface area contributed by atoms with Gasteiger partial charge in [-0.25, -0.2) is 0 Å². The van der Waals surface area contributed by atoms with Gasteiger partial charge in [-0.15, -0.1) is 0 Å². The maximum Gasteiger partial charge on any atom is 0.224 e. The van der Waals surface area contributed by atoms with E-state index >= 15 is 0 Å². The SMILES string of the molecule is CC1CCCCC1N(C)C(CN)CC(=O)N1CCCCC1. The van der Waals surface area contributed by atoms with Gasteiger partial charge in [-0.1, -0.05) is 19.8 Å². The summed E-state index contributed by atoms with van der Waals surface area (Å²) in [6.07, 6.45) is 9.42. The first kappa shape index (κ1) is 16.8. The van der Waals surface area contributed by atoms with Crippen molar-refractivity contribution >= 4 is 5.91 Å². The van der Waals surface area contributed by atoms with E-state index in [-0.39, 0.29) is 6.04 Å². The van der Waals surface area contributed by atoms with Crippen molar-refractivity contribution in [1.29, 1.82) is 0 Å². The predicted octanol–water partition coefficient (Wildman–Crippen LogP) is 2.23. The molecule has 2 aliphatic rings. The highest BCUT2D eigenvalue weighted by Crippen LogP contribution is 2.29. The fraction of sp³-hybridized carbons (Fsp3) is 0.941. The van der Waals surface area contributed by atoms with Crippen molar-refractivity contribution < 1.29 is 4.79 Å². The third kappa shape index (κ3) is 4.43. The van der Waals surface area contributed by atoms with Crippen LogP contribution in [-0.4, -0.2) is 54.5 Å². The average Bonchev–Trinajstić information content (AvgIpc) is 2.53. The maximum atomic E-state index is 12.5. The van der Waals surface area contributed by atoms with Crippen LogP contribution in [-0.2, 0) is 4.79 Å². The monoisotopic (exact) mass is 295 g/mol. The number of carbonyl (C=O) groups is 1. The molecule has 0 radical (unpaired) electrons. The Bertz CT molecular complexity index is 328. The van der Waals surface area contributed by atoms with E-state index in [1.54, 1.807) is 0 Å². The summed E-state index contributed by atoms with van der Waals surface area (Å²) in [4.78, 5) is 16.9. The topological polar surface area (TPSA) is 49.6 Å². The van der Waals surface area contributed by atoms with Crippen molar-refractivity contribution in [3.8, 4) is 0 Å². The smallest absolute Gasteiger partial charge is 0.224 e. The Labute approximate surface area is 130 Å². The van der Waals surface area contributed by atoms with Gasteiger partial charge in [0, 0.05) is 38.1 Å². The van der Waals surface area contributed by atoms with Gasteiger partial charge in [0.2, 0.25) is 5.91 Å². The third-order valence-electron chi connectivity index (χ3n) is 5.56. The van der Waals surface area contributed by atoms with Gasteiger partial charge >= 0.3 is 0 Å². The van der Waals surface area contributed by atoms with Crippen LogP contribution in [0.5, 0.6) is 0 Å². The molecule has 2 N–H and O–H groups in total. The van der Waals surface area contributed by atoms with Crippen LogP contribution in [0.4, 0.5) is 0 Å². The summed E-state index contributed by atoms with van der Waals surface area (Å²) in [5.41, 5.74) is 5.99. The van der Waals surface area contributed by atoms with Gasteiger partial charge in [-0.3, -0.25) is 9.69 Å². The highest BCUT2D eigenvalue weighted by molar-refractivity contribution is 5.77. The number of rotatable bonds is 5. The fourth-order valence-electron chi connectivity index (χ4n) is 4.04. The van der Waals surface area contributed by atoms with Gasteiger partial charge in [0.1, 0.15) is 0 Å². The molecule has 21 heavy (non-hydrogen) atoms. The van der Waals surface area contributed by atoms with E-state index < -0.39 is 0 Å². The minimum absolute atomic E-state index is 0.199. The first-order chi connectivity index (χ1) is 10.1. The van der Waals surface area contributed by atoms with E-state index in [0.717, 1.165) is 31.8 Å². The molecule has 0 aromatic rings. The van der Waals surface area contributed by atoms with Crippen LogP contribution < -0.4 is 5.73 Å². The molecule has 2 fully saturated rings. The zero-order chi connectivity index (χ0) is 15.2. The molecule has 0 bridgehead atoms. The Kier molecular flexibility index (Phi) is 6.49. The second kappa shape index (κ2) is 8.14. The molecule has 4 nitrogen and oxygen atoms in total. The first-order valence-electron chi connectivity index (χ1n) is 8.83. The van der Waals surface area contributed by atoms with Crippen LogP contribution in [0, 0.1) is 5.92 Å². The molecular weight excluding hydrogens is 262 g/mol. The lowest BCUT2D eigenvalue weighted by Crippen LogP contribution is -2.50. The Morgan fingerprint density at radius 3 is 2.48 bits per heavy atom. The minimum Gasteiger partial charge on any atom is -0.343 e. The van der Waals surface area contributed by atoms with E-state index in [9.17, 15) is 4.79 Å². The maximum absolute atomic E-state index is 12.5. The van der Waals surface area contributed by atoms with Gasteiger partial charge in [0.05, 0.1) is 0 Å². The van der Waals surface area contributed by atoms with Crippen LogP contribution in [0.25, 0.3) is 0 Å². The van der Waals surface area contributed by atoms with Gasteiger partial charge < -0.3 is 10.6 Å². The Balaban J connectivity index is 1.90. The van der Waals surface area contributed by atoms with Crippen LogP contribution in [0.3, 0.4) is 0 Å². The van der Waals surface area contributed by atoms with E-state index in [0.29, 0.717) is 24.9 Å². The standard InChI is InChI=1S/C17H33N3O/c1-14-8-4-5-9-16(14)19(2)15(13-18)12-17(21)20-10-6-3-7-11-20/h14-16H,3-13,18H2,1-2H3. The van der Waals surface area contributed by atoms with Crippen LogP contribution >= 0.6 is 0 Å². The lowest BCUT2D eigenvalue weighted by Gasteiger charge is -2.41. The zero-order valence-electron chi connectivity index (χ0n) is 13.9. The molecule has 1 saturated heterocycles. The molecular formula is C17H33N3O. The molecule has 3 atom stereocenters. The molecule has 1 saturated carbocycles. The lowest BCUT2D eigenvalue weighted by atomic mass is 9.84. The molecule has 3 unspecified atom stereocenters. The van der Waals surface area contributed by atoms with E-state index in [1.165, 1.54) is 32.1 Å². The number of carbonyl (C=O) groups excluding carboxylic acids is 1. The summed E-state index contributed by atoms with van der Waals surface area (Å²) >= 11 is 0. The second-order valence-corrected chi connectivity index (χ2v) is 7.03. The lowest BCUT2D eigenvalue weighted by molar-refractivity contribution is -0.133. The highest BCUT2D eigenvalue weighted by atomic mass is 16.2. The molecule has 1 amide bonds. The largest absolute Gasteiger partial charge is 0.343 e. The van der Waals surface area contributed by atoms with Crippen molar-refractivity contribution in [2.75, 3.05) is 26.7 Å². The summed E-state index contributed by atoms with van der Waals surface area (Å²) in [5.74, 6) is 1.03. The van der Waals surface area contributed by atoms with Crippen LogP contribution in [0.2, 0.25) is 0 Å². The van der Waals surface area contributed by atoms with Crippen molar-refractivity contribution in [3.63, 3.8) is 0 Å². The van der Waals surface area contributed by atoms with Gasteiger partial charge in [0.25, 0.3) is 0 Å². The zero-order valence-corrected chi connectivity index (χ0v) is 13.9. The number of piperidine rings is 1. The number of nitrogens with two attached hydrogens (primary N) is 1. The van der Waals surface area contributed by atoms with Gasteiger partial charge in [0.15, 0.2) is 0 Å². The quantitative estimate of drug-likeness (QED) is 0.846. The molecule has 0 spiro atoms. The molecule has 4 heteroatoms. The Morgan fingerprint density at radius 2 is 1.86 bits per heavy atom.